The van der Waals surface area contributed by atoms with E-state index in [1.807, 2.05) is 0 Å². The summed E-state index contributed by atoms with van der Waals surface area (Å²) in [6.45, 7) is 6.17. The summed E-state index contributed by atoms with van der Waals surface area (Å²) in [6.07, 6.45) is 4.48. The predicted octanol–water partition coefficient (Wildman–Crippen LogP) is 3.45. The van der Waals surface area contributed by atoms with Crippen LogP contribution in [0.4, 0.5) is 0 Å². The lowest BCUT2D eigenvalue weighted by Crippen LogP contribution is -2.50. The number of ether oxygens (including phenoxy) is 2. The van der Waals surface area contributed by atoms with Gasteiger partial charge in [-0.25, -0.2) is 0 Å². The molecular weight excluding hydrogens is 250 g/mol. The van der Waals surface area contributed by atoms with Gasteiger partial charge in [-0.2, -0.15) is 0 Å². The van der Waals surface area contributed by atoms with Gasteiger partial charge in [-0.05, 0) is 19.0 Å². The van der Waals surface area contributed by atoms with Gasteiger partial charge in [0.1, 0.15) is 11.4 Å². The van der Waals surface area contributed by atoms with Crippen molar-refractivity contribution in [1.29, 1.82) is 0 Å². The summed E-state index contributed by atoms with van der Waals surface area (Å²) in [7, 11) is 0. The lowest BCUT2D eigenvalue weighted by atomic mass is 9.79. The molecule has 3 atom stereocenters. The molecule has 0 aliphatic carbocycles. The summed E-state index contributed by atoms with van der Waals surface area (Å²) in [5, 5.41) is 3.62. The minimum absolute atomic E-state index is 0.0416. The maximum absolute atomic E-state index is 6.45. The molecule has 1 spiro atoms. The first-order valence-electron chi connectivity index (χ1n) is 7.89. The molecule has 2 heterocycles. The highest BCUT2D eigenvalue weighted by atomic mass is 16.5. The second-order valence-corrected chi connectivity index (χ2v) is 5.99. The van der Waals surface area contributed by atoms with E-state index in [4.69, 9.17) is 9.47 Å². The Kier molecular flexibility index (Phi) is 3.99. The first-order chi connectivity index (χ1) is 9.76. The van der Waals surface area contributed by atoms with E-state index in [0.717, 1.165) is 44.6 Å². The van der Waals surface area contributed by atoms with Crippen LogP contribution in [0.5, 0.6) is 5.75 Å². The van der Waals surface area contributed by atoms with E-state index < -0.39 is 0 Å². The molecule has 1 N–H and O–H groups in total. The monoisotopic (exact) mass is 275 g/mol. The van der Waals surface area contributed by atoms with Crippen molar-refractivity contribution in [2.75, 3.05) is 13.2 Å². The van der Waals surface area contributed by atoms with Gasteiger partial charge >= 0.3 is 0 Å². The first kappa shape index (κ1) is 13.9. The normalized spacial score (nSPS) is 32.7. The summed E-state index contributed by atoms with van der Waals surface area (Å²) in [6, 6.07) is 8.87. The topological polar surface area (TPSA) is 30.5 Å². The van der Waals surface area contributed by atoms with E-state index in [2.05, 4.69) is 43.4 Å². The molecule has 1 fully saturated rings. The Bertz CT molecular complexity index is 462. The number of fused-ring (bicyclic) bond motifs is 1. The summed E-state index contributed by atoms with van der Waals surface area (Å²) in [4.78, 5) is 0. The Morgan fingerprint density at radius 3 is 2.90 bits per heavy atom. The van der Waals surface area contributed by atoms with Gasteiger partial charge in [-0.15, -0.1) is 0 Å². The molecule has 0 aromatic heterocycles. The molecular formula is C17H25NO2. The van der Waals surface area contributed by atoms with Gasteiger partial charge in [0.2, 0.25) is 0 Å². The molecule has 1 aromatic carbocycles. The van der Waals surface area contributed by atoms with Crippen LogP contribution < -0.4 is 10.1 Å². The third-order valence-corrected chi connectivity index (χ3v) is 4.61. The van der Waals surface area contributed by atoms with Gasteiger partial charge in [0.25, 0.3) is 0 Å². The Morgan fingerprint density at radius 1 is 1.25 bits per heavy atom. The minimum atomic E-state index is -0.0416. The Labute approximate surface area is 121 Å². The van der Waals surface area contributed by atoms with Crippen molar-refractivity contribution in [2.24, 2.45) is 0 Å². The minimum Gasteiger partial charge on any atom is -0.487 e. The van der Waals surface area contributed by atoms with Gasteiger partial charge < -0.3 is 14.8 Å². The molecule has 0 radical (unpaired) electrons. The van der Waals surface area contributed by atoms with Gasteiger partial charge in [0.15, 0.2) is 0 Å². The highest BCUT2D eigenvalue weighted by molar-refractivity contribution is 5.39. The smallest absolute Gasteiger partial charge is 0.124 e. The average molecular weight is 275 g/mol. The molecule has 3 rings (SSSR count). The highest BCUT2D eigenvalue weighted by Crippen LogP contribution is 2.45. The standard InChI is InChI=1S/C17H25NO2/c1-3-13-11-17(9-10-19-13)12-15(18-4-2)14-7-5-6-8-16(14)20-17/h5-8,13,15,18H,3-4,9-12H2,1-2H3. The van der Waals surface area contributed by atoms with Crippen LogP contribution in [-0.4, -0.2) is 24.9 Å². The van der Waals surface area contributed by atoms with Gasteiger partial charge in [0.05, 0.1) is 12.7 Å². The zero-order valence-electron chi connectivity index (χ0n) is 12.5. The van der Waals surface area contributed by atoms with Crippen LogP contribution in [-0.2, 0) is 4.74 Å². The van der Waals surface area contributed by atoms with Crippen molar-refractivity contribution in [3.63, 3.8) is 0 Å². The summed E-state index contributed by atoms with van der Waals surface area (Å²) in [5.74, 6) is 1.06. The van der Waals surface area contributed by atoms with Crippen molar-refractivity contribution in [1.82, 2.24) is 5.32 Å². The quantitative estimate of drug-likeness (QED) is 0.916. The summed E-state index contributed by atoms with van der Waals surface area (Å²) in [5.41, 5.74) is 1.26. The molecule has 1 aromatic rings. The Balaban J connectivity index is 1.88. The molecule has 110 valence electrons. The van der Waals surface area contributed by atoms with Crippen LogP contribution in [0.2, 0.25) is 0 Å². The third-order valence-electron chi connectivity index (χ3n) is 4.61. The zero-order chi connectivity index (χ0) is 14.0. The van der Waals surface area contributed by atoms with Crippen molar-refractivity contribution in [3.8, 4) is 5.75 Å². The number of benzene rings is 1. The molecule has 0 bridgehead atoms. The highest BCUT2D eigenvalue weighted by Gasteiger charge is 2.44. The largest absolute Gasteiger partial charge is 0.487 e. The molecule has 1 saturated heterocycles. The Morgan fingerprint density at radius 2 is 2.10 bits per heavy atom. The van der Waals surface area contributed by atoms with Crippen LogP contribution >= 0.6 is 0 Å². The fraction of sp³-hybridized carbons (Fsp3) is 0.647. The van der Waals surface area contributed by atoms with Crippen LogP contribution in [0.15, 0.2) is 24.3 Å². The van der Waals surface area contributed by atoms with Crippen LogP contribution in [0.3, 0.4) is 0 Å². The van der Waals surface area contributed by atoms with E-state index in [0.29, 0.717) is 12.1 Å². The average Bonchev–Trinajstić information content (AvgIpc) is 2.47. The number of hydrogen-bond donors (Lipinski definition) is 1. The maximum atomic E-state index is 6.45. The summed E-state index contributed by atoms with van der Waals surface area (Å²) >= 11 is 0. The molecule has 2 aliphatic heterocycles. The predicted molar refractivity (Wildman–Crippen MR) is 80.1 cm³/mol. The molecule has 3 heteroatoms. The number of rotatable bonds is 3. The molecule has 0 saturated carbocycles. The van der Waals surface area contributed by atoms with Crippen LogP contribution in [0.1, 0.15) is 51.1 Å². The van der Waals surface area contributed by atoms with Gasteiger partial charge in [0, 0.05) is 30.9 Å². The van der Waals surface area contributed by atoms with E-state index in [9.17, 15) is 0 Å². The molecule has 2 aliphatic rings. The lowest BCUT2D eigenvalue weighted by Gasteiger charge is -2.46. The van der Waals surface area contributed by atoms with Crippen LogP contribution in [0, 0.1) is 0 Å². The van der Waals surface area contributed by atoms with Crippen molar-refractivity contribution < 1.29 is 9.47 Å². The second kappa shape index (κ2) is 5.74. The van der Waals surface area contributed by atoms with Gasteiger partial charge in [-0.3, -0.25) is 0 Å². The van der Waals surface area contributed by atoms with E-state index >= 15 is 0 Å². The van der Waals surface area contributed by atoms with Crippen molar-refractivity contribution >= 4 is 0 Å². The molecule has 3 unspecified atom stereocenters. The molecule has 0 amide bonds. The lowest BCUT2D eigenvalue weighted by molar-refractivity contribution is -0.103. The molecule has 20 heavy (non-hydrogen) atoms. The summed E-state index contributed by atoms with van der Waals surface area (Å²) < 4.78 is 12.3. The van der Waals surface area contributed by atoms with E-state index in [-0.39, 0.29) is 5.60 Å². The van der Waals surface area contributed by atoms with Crippen LogP contribution in [0.25, 0.3) is 0 Å². The van der Waals surface area contributed by atoms with E-state index in [1.54, 1.807) is 0 Å². The fourth-order valence-electron chi connectivity index (χ4n) is 3.57. The first-order valence-corrected chi connectivity index (χ1v) is 7.89. The maximum Gasteiger partial charge on any atom is 0.124 e. The zero-order valence-corrected chi connectivity index (χ0v) is 12.5. The fourth-order valence-corrected chi connectivity index (χ4v) is 3.57. The number of para-hydroxylation sites is 1. The van der Waals surface area contributed by atoms with Crippen molar-refractivity contribution in [3.05, 3.63) is 29.8 Å². The number of hydrogen-bond acceptors (Lipinski definition) is 3. The van der Waals surface area contributed by atoms with E-state index in [1.165, 1.54) is 5.56 Å². The van der Waals surface area contributed by atoms with Gasteiger partial charge in [-0.1, -0.05) is 32.0 Å². The SMILES string of the molecule is CCNC1CC2(CCOC(CC)C2)Oc2ccccc21. The number of nitrogens with one attached hydrogen (secondary N) is 1. The Hall–Kier alpha value is -1.06. The molecule has 3 nitrogen and oxygen atoms in total. The van der Waals surface area contributed by atoms with Crippen molar-refractivity contribution in [2.45, 2.75) is 57.3 Å². The third kappa shape index (κ3) is 2.57. The second-order valence-electron chi connectivity index (χ2n) is 5.99.